The number of nitrogens with zero attached hydrogens (tertiary/aromatic N) is 1. The summed E-state index contributed by atoms with van der Waals surface area (Å²) in [5.41, 5.74) is 5.70. The highest BCUT2D eigenvalue weighted by Crippen LogP contribution is 2.06. The van der Waals surface area contributed by atoms with Crippen molar-refractivity contribution in [3.05, 3.63) is 18.3 Å². The predicted molar refractivity (Wildman–Crippen MR) is 93.0 cm³/mol. The molecule has 0 saturated carbocycles. The molecular formula is C16H28N4O4. The topological polar surface area (TPSA) is 108 Å². The maximum absolute atomic E-state index is 11.4. The normalized spacial score (nSPS) is 11.1. The third-order valence-corrected chi connectivity index (χ3v) is 2.63. The number of rotatable bonds is 10. The number of hydrogen-bond acceptors (Lipinski definition) is 7. The number of nitrogens with one attached hydrogen (secondary N) is 2. The summed E-state index contributed by atoms with van der Waals surface area (Å²) >= 11 is 0. The minimum absolute atomic E-state index is 0.402. The van der Waals surface area contributed by atoms with Crippen LogP contribution in [0.2, 0.25) is 0 Å². The van der Waals surface area contributed by atoms with Gasteiger partial charge in [-0.3, -0.25) is 0 Å². The fourth-order valence-corrected chi connectivity index (χ4v) is 1.62. The zero-order chi connectivity index (χ0) is 17.8. The largest absolute Gasteiger partial charge is 0.444 e. The molecule has 0 aliphatic heterocycles. The van der Waals surface area contributed by atoms with Gasteiger partial charge in [0.1, 0.15) is 11.4 Å². The summed E-state index contributed by atoms with van der Waals surface area (Å²) in [6.45, 7) is 8.42. The van der Waals surface area contributed by atoms with E-state index in [0.29, 0.717) is 45.2 Å². The van der Waals surface area contributed by atoms with Crippen molar-refractivity contribution in [2.45, 2.75) is 26.4 Å². The number of hydrogen-bond donors (Lipinski definition) is 3. The van der Waals surface area contributed by atoms with Gasteiger partial charge in [0.15, 0.2) is 0 Å². The first-order chi connectivity index (χ1) is 11.4. The Morgan fingerprint density at radius 3 is 2.38 bits per heavy atom. The molecule has 0 bridgehead atoms. The van der Waals surface area contributed by atoms with Crippen LogP contribution < -0.4 is 16.4 Å². The Hall–Kier alpha value is -2.06. The van der Waals surface area contributed by atoms with E-state index in [-0.39, 0.29) is 0 Å². The molecule has 0 radical (unpaired) electrons. The lowest BCUT2D eigenvalue weighted by Crippen LogP contribution is -2.34. The van der Waals surface area contributed by atoms with E-state index in [1.807, 2.05) is 26.8 Å². The molecule has 4 N–H and O–H groups in total. The molecule has 0 aliphatic rings. The fraction of sp³-hybridized carbons (Fsp3) is 0.625. The maximum Gasteiger partial charge on any atom is 0.407 e. The van der Waals surface area contributed by atoms with Gasteiger partial charge in [-0.25, -0.2) is 9.78 Å². The molecular weight excluding hydrogens is 312 g/mol. The van der Waals surface area contributed by atoms with Crippen LogP contribution in [0.3, 0.4) is 0 Å². The van der Waals surface area contributed by atoms with Gasteiger partial charge in [0.2, 0.25) is 0 Å². The van der Waals surface area contributed by atoms with Gasteiger partial charge in [-0.05, 0) is 32.9 Å². The molecule has 1 aromatic rings. The van der Waals surface area contributed by atoms with Crippen LogP contribution in [0.5, 0.6) is 0 Å². The van der Waals surface area contributed by atoms with Gasteiger partial charge >= 0.3 is 6.09 Å². The van der Waals surface area contributed by atoms with E-state index >= 15 is 0 Å². The van der Waals surface area contributed by atoms with Crippen molar-refractivity contribution >= 4 is 17.6 Å². The second kappa shape index (κ2) is 10.7. The highest BCUT2D eigenvalue weighted by atomic mass is 16.6. The molecule has 1 aromatic heterocycles. The van der Waals surface area contributed by atoms with Crippen LogP contribution >= 0.6 is 0 Å². The van der Waals surface area contributed by atoms with Gasteiger partial charge in [-0.2, -0.15) is 0 Å². The summed E-state index contributed by atoms with van der Waals surface area (Å²) < 4.78 is 15.9. The lowest BCUT2D eigenvalue weighted by Gasteiger charge is -2.19. The number of nitrogens with two attached hydrogens (primary N) is 1. The zero-order valence-corrected chi connectivity index (χ0v) is 14.6. The van der Waals surface area contributed by atoms with Crippen molar-refractivity contribution in [3.63, 3.8) is 0 Å². The predicted octanol–water partition coefficient (Wildman–Crippen LogP) is 1.63. The first kappa shape index (κ1) is 20.0. The van der Waals surface area contributed by atoms with Crippen LogP contribution in [-0.4, -0.2) is 56.2 Å². The number of ether oxygens (including phenoxy) is 3. The summed E-state index contributed by atoms with van der Waals surface area (Å²) in [6, 6.07) is 3.60. The standard InChI is InChI=1S/C16H28N4O4/c1-16(2,3)24-15(21)19-7-9-23-11-10-22-8-6-18-14-5-4-13(17)12-20-14/h4-5,12H,6-11,17H2,1-3H3,(H,18,20)(H,19,21). The number of alkyl carbamates (subject to hydrolysis) is 1. The zero-order valence-electron chi connectivity index (χ0n) is 14.6. The second-order valence-corrected chi connectivity index (χ2v) is 6.06. The molecule has 24 heavy (non-hydrogen) atoms. The minimum atomic E-state index is -0.491. The van der Waals surface area contributed by atoms with Crippen LogP contribution in [0, 0.1) is 0 Å². The lowest BCUT2D eigenvalue weighted by atomic mass is 10.2. The highest BCUT2D eigenvalue weighted by molar-refractivity contribution is 5.67. The van der Waals surface area contributed by atoms with E-state index in [1.165, 1.54) is 0 Å². The van der Waals surface area contributed by atoms with Gasteiger partial charge in [0.25, 0.3) is 0 Å². The average Bonchev–Trinajstić information content (AvgIpc) is 2.49. The molecule has 1 amide bonds. The second-order valence-electron chi connectivity index (χ2n) is 6.06. The van der Waals surface area contributed by atoms with Gasteiger partial charge < -0.3 is 30.6 Å². The monoisotopic (exact) mass is 340 g/mol. The van der Waals surface area contributed by atoms with Gasteiger partial charge in [0.05, 0.1) is 38.3 Å². The smallest absolute Gasteiger partial charge is 0.407 e. The fourth-order valence-electron chi connectivity index (χ4n) is 1.62. The molecule has 1 heterocycles. The van der Waals surface area contributed by atoms with Crippen LogP contribution in [0.25, 0.3) is 0 Å². The summed E-state index contributed by atoms with van der Waals surface area (Å²) in [6.07, 6.45) is 1.16. The summed E-state index contributed by atoms with van der Waals surface area (Å²) in [5, 5.41) is 5.74. The number of anilines is 2. The van der Waals surface area contributed by atoms with Crippen LogP contribution in [-0.2, 0) is 14.2 Å². The molecule has 0 spiro atoms. The number of pyridine rings is 1. The molecule has 0 fully saturated rings. The van der Waals surface area contributed by atoms with Gasteiger partial charge in [0, 0.05) is 13.1 Å². The molecule has 0 atom stereocenters. The van der Waals surface area contributed by atoms with Crippen LogP contribution in [0.15, 0.2) is 18.3 Å². The molecule has 136 valence electrons. The number of nitrogen functional groups attached to an aromatic ring is 1. The Morgan fingerprint density at radius 2 is 1.79 bits per heavy atom. The molecule has 0 aromatic carbocycles. The number of aromatic nitrogens is 1. The number of carbonyl (C=O) groups is 1. The molecule has 0 saturated heterocycles. The SMILES string of the molecule is CC(C)(C)OC(=O)NCCOCCOCCNc1ccc(N)cn1. The Morgan fingerprint density at radius 1 is 1.12 bits per heavy atom. The van der Waals surface area contributed by atoms with Crippen molar-refractivity contribution in [1.29, 1.82) is 0 Å². The number of carbonyl (C=O) groups excluding carboxylic acids is 1. The van der Waals surface area contributed by atoms with E-state index < -0.39 is 11.7 Å². The summed E-state index contributed by atoms with van der Waals surface area (Å²) in [5.74, 6) is 0.761. The van der Waals surface area contributed by atoms with Gasteiger partial charge in [-0.15, -0.1) is 0 Å². The molecule has 8 nitrogen and oxygen atoms in total. The van der Waals surface area contributed by atoms with E-state index in [4.69, 9.17) is 19.9 Å². The quantitative estimate of drug-likeness (QED) is 0.556. The Labute approximate surface area is 143 Å². The third kappa shape index (κ3) is 10.6. The van der Waals surface area contributed by atoms with E-state index in [9.17, 15) is 4.79 Å². The lowest BCUT2D eigenvalue weighted by molar-refractivity contribution is 0.0415. The van der Waals surface area contributed by atoms with E-state index in [0.717, 1.165) is 5.82 Å². The van der Waals surface area contributed by atoms with Crippen LogP contribution in [0.1, 0.15) is 20.8 Å². The van der Waals surface area contributed by atoms with E-state index in [2.05, 4.69) is 15.6 Å². The van der Waals surface area contributed by atoms with Crippen molar-refractivity contribution in [1.82, 2.24) is 10.3 Å². The Bertz CT molecular complexity index is 474. The van der Waals surface area contributed by atoms with Crippen LogP contribution in [0.4, 0.5) is 16.3 Å². The molecule has 0 aliphatic carbocycles. The third-order valence-electron chi connectivity index (χ3n) is 2.63. The highest BCUT2D eigenvalue weighted by Gasteiger charge is 2.15. The number of amides is 1. The average molecular weight is 340 g/mol. The molecule has 8 heteroatoms. The first-order valence-electron chi connectivity index (χ1n) is 7.94. The van der Waals surface area contributed by atoms with Crippen molar-refractivity contribution in [2.24, 2.45) is 0 Å². The Kier molecular flexibility index (Phi) is 8.88. The first-order valence-corrected chi connectivity index (χ1v) is 7.94. The van der Waals surface area contributed by atoms with Crippen molar-refractivity contribution in [3.8, 4) is 0 Å². The summed E-state index contributed by atoms with van der Waals surface area (Å²) in [7, 11) is 0. The van der Waals surface area contributed by atoms with Gasteiger partial charge in [-0.1, -0.05) is 0 Å². The van der Waals surface area contributed by atoms with E-state index in [1.54, 1.807) is 12.3 Å². The van der Waals surface area contributed by atoms with Crippen molar-refractivity contribution < 1.29 is 19.0 Å². The molecule has 0 unspecified atom stereocenters. The maximum atomic E-state index is 11.4. The van der Waals surface area contributed by atoms with Crippen molar-refractivity contribution in [2.75, 3.05) is 50.6 Å². The Balaban J connectivity index is 1.88. The minimum Gasteiger partial charge on any atom is -0.444 e. The molecule has 1 rings (SSSR count). The summed E-state index contributed by atoms with van der Waals surface area (Å²) in [4.78, 5) is 15.5.